The monoisotopic (exact) mass is 348 g/mol. The summed E-state index contributed by atoms with van der Waals surface area (Å²) in [6.07, 6.45) is 1.46. The highest BCUT2D eigenvalue weighted by atomic mass is 19.1. The molecule has 0 aliphatic heterocycles. The average Bonchev–Trinajstić information content (AvgIpc) is 2.62. The Kier molecular flexibility index (Phi) is 4.85. The van der Waals surface area contributed by atoms with Crippen LogP contribution in [0, 0.1) is 5.82 Å². The highest BCUT2D eigenvalue weighted by molar-refractivity contribution is 6.04. The maximum atomic E-state index is 13.8. The highest BCUT2D eigenvalue weighted by Gasteiger charge is 2.14. The van der Waals surface area contributed by atoms with E-state index in [9.17, 15) is 9.18 Å². The maximum Gasteiger partial charge on any atom is 0.257 e. The van der Waals surface area contributed by atoms with Crippen LogP contribution in [0.3, 0.4) is 0 Å². The van der Waals surface area contributed by atoms with Gasteiger partial charge in [-0.2, -0.15) is 0 Å². The van der Waals surface area contributed by atoms with Gasteiger partial charge in [-0.15, -0.1) is 0 Å². The molecule has 1 heterocycles. The molecule has 3 nitrogen and oxygen atoms in total. The Morgan fingerprint density at radius 1 is 0.962 bits per heavy atom. The molecule has 1 amide bonds. The van der Waals surface area contributed by atoms with Gasteiger partial charge in [-0.05, 0) is 47.4 Å². The number of carbonyl (C=O) groups excluding carboxylic acids is 1. The molecule has 4 heteroatoms. The molecule has 0 fully saturated rings. The number of aromatic nitrogens is 1. The summed E-state index contributed by atoms with van der Waals surface area (Å²) >= 11 is 0. The molecule has 0 unspecified atom stereocenters. The molecular weight excluding hydrogens is 327 g/mol. The van der Waals surface area contributed by atoms with Crippen LogP contribution in [0.15, 0.2) is 66.9 Å². The predicted octanol–water partition coefficient (Wildman–Crippen LogP) is 5.44. The van der Waals surface area contributed by atoms with Gasteiger partial charge >= 0.3 is 0 Å². The molecule has 0 saturated carbocycles. The second-order valence-electron chi connectivity index (χ2n) is 7.19. The van der Waals surface area contributed by atoms with Crippen LogP contribution in [0.5, 0.6) is 0 Å². The predicted molar refractivity (Wildman–Crippen MR) is 103 cm³/mol. The van der Waals surface area contributed by atoms with Gasteiger partial charge in [0.25, 0.3) is 5.91 Å². The molecule has 0 aliphatic carbocycles. The number of anilines is 1. The number of amides is 1. The van der Waals surface area contributed by atoms with Crippen molar-refractivity contribution in [3.05, 3.63) is 83.8 Å². The van der Waals surface area contributed by atoms with Gasteiger partial charge in [0.05, 0.1) is 11.3 Å². The molecular formula is C22H21FN2O. The van der Waals surface area contributed by atoms with Gasteiger partial charge in [0, 0.05) is 17.4 Å². The fourth-order valence-electron chi connectivity index (χ4n) is 2.61. The quantitative estimate of drug-likeness (QED) is 0.685. The zero-order valence-corrected chi connectivity index (χ0v) is 15.1. The lowest BCUT2D eigenvalue weighted by Gasteiger charge is -2.19. The van der Waals surface area contributed by atoms with Crippen LogP contribution in [-0.2, 0) is 5.41 Å². The molecule has 132 valence electrons. The van der Waals surface area contributed by atoms with Crippen molar-refractivity contribution in [3.8, 4) is 11.3 Å². The minimum atomic E-state index is -0.337. The van der Waals surface area contributed by atoms with Crippen LogP contribution < -0.4 is 5.32 Å². The summed E-state index contributed by atoms with van der Waals surface area (Å²) in [6, 6.07) is 17.5. The Balaban J connectivity index is 1.73. The largest absolute Gasteiger partial charge is 0.322 e. The minimum absolute atomic E-state index is 0.0645. The van der Waals surface area contributed by atoms with Crippen molar-refractivity contribution in [1.82, 2.24) is 4.98 Å². The van der Waals surface area contributed by atoms with E-state index in [1.54, 1.807) is 30.3 Å². The summed E-state index contributed by atoms with van der Waals surface area (Å²) in [6.45, 7) is 6.43. The van der Waals surface area contributed by atoms with E-state index in [4.69, 9.17) is 0 Å². The maximum absolute atomic E-state index is 13.8. The number of rotatable bonds is 3. The first-order chi connectivity index (χ1) is 12.3. The Labute approximate surface area is 152 Å². The lowest BCUT2D eigenvalue weighted by Crippen LogP contribution is -2.13. The zero-order valence-electron chi connectivity index (χ0n) is 15.1. The Bertz CT molecular complexity index is 910. The number of nitrogens with zero attached hydrogens (tertiary/aromatic N) is 1. The smallest absolute Gasteiger partial charge is 0.257 e. The second kappa shape index (κ2) is 7.08. The SMILES string of the molecule is CC(C)(C)c1ccc(NC(=O)c2ccc(-c3ccccc3F)nc2)cc1. The first-order valence-corrected chi connectivity index (χ1v) is 8.47. The third kappa shape index (κ3) is 3.97. The summed E-state index contributed by atoms with van der Waals surface area (Å²) < 4.78 is 13.8. The van der Waals surface area contributed by atoms with Crippen LogP contribution >= 0.6 is 0 Å². The first kappa shape index (κ1) is 17.8. The molecule has 3 rings (SSSR count). The number of hydrogen-bond donors (Lipinski definition) is 1. The summed E-state index contributed by atoms with van der Waals surface area (Å²) in [5.41, 5.74) is 3.32. The van der Waals surface area contributed by atoms with E-state index in [1.807, 2.05) is 24.3 Å². The van der Waals surface area contributed by atoms with Gasteiger partial charge in [0.1, 0.15) is 5.82 Å². The van der Waals surface area contributed by atoms with Gasteiger partial charge in [0.15, 0.2) is 0 Å². The van der Waals surface area contributed by atoms with Crippen molar-refractivity contribution in [3.63, 3.8) is 0 Å². The Hall–Kier alpha value is -3.01. The third-order valence-electron chi connectivity index (χ3n) is 4.18. The molecule has 1 N–H and O–H groups in total. The minimum Gasteiger partial charge on any atom is -0.322 e. The van der Waals surface area contributed by atoms with E-state index in [-0.39, 0.29) is 17.1 Å². The van der Waals surface area contributed by atoms with E-state index in [1.165, 1.54) is 17.8 Å². The molecule has 0 spiro atoms. The second-order valence-corrected chi connectivity index (χ2v) is 7.19. The van der Waals surface area contributed by atoms with E-state index in [2.05, 4.69) is 31.1 Å². The van der Waals surface area contributed by atoms with E-state index in [0.717, 1.165) is 5.69 Å². The van der Waals surface area contributed by atoms with E-state index in [0.29, 0.717) is 16.8 Å². The van der Waals surface area contributed by atoms with Crippen molar-refractivity contribution < 1.29 is 9.18 Å². The first-order valence-electron chi connectivity index (χ1n) is 8.47. The Morgan fingerprint density at radius 2 is 1.65 bits per heavy atom. The molecule has 2 aromatic carbocycles. The molecule has 0 aliphatic rings. The van der Waals surface area contributed by atoms with Crippen molar-refractivity contribution in [1.29, 1.82) is 0 Å². The normalized spacial score (nSPS) is 11.2. The van der Waals surface area contributed by atoms with Crippen LogP contribution in [0.1, 0.15) is 36.7 Å². The topological polar surface area (TPSA) is 42.0 Å². The zero-order chi connectivity index (χ0) is 18.7. The molecule has 0 atom stereocenters. The number of carbonyl (C=O) groups is 1. The highest BCUT2D eigenvalue weighted by Crippen LogP contribution is 2.24. The summed E-state index contributed by atoms with van der Waals surface area (Å²) in [5.74, 6) is -0.586. The average molecular weight is 348 g/mol. The number of nitrogens with one attached hydrogen (secondary N) is 1. The van der Waals surface area contributed by atoms with Gasteiger partial charge < -0.3 is 5.32 Å². The molecule has 0 bridgehead atoms. The number of hydrogen-bond acceptors (Lipinski definition) is 2. The van der Waals surface area contributed by atoms with Crippen LogP contribution in [-0.4, -0.2) is 10.9 Å². The van der Waals surface area contributed by atoms with E-state index < -0.39 is 0 Å². The fraction of sp³-hybridized carbons (Fsp3) is 0.182. The molecule has 0 saturated heterocycles. The molecule has 0 radical (unpaired) electrons. The van der Waals surface area contributed by atoms with Crippen LogP contribution in [0.25, 0.3) is 11.3 Å². The van der Waals surface area contributed by atoms with Crippen molar-refractivity contribution in [2.45, 2.75) is 26.2 Å². The molecule has 26 heavy (non-hydrogen) atoms. The molecule has 3 aromatic rings. The lowest BCUT2D eigenvalue weighted by atomic mass is 9.87. The van der Waals surface area contributed by atoms with Gasteiger partial charge in [0.2, 0.25) is 0 Å². The van der Waals surface area contributed by atoms with Crippen molar-refractivity contribution >= 4 is 11.6 Å². The molecule has 1 aromatic heterocycles. The van der Waals surface area contributed by atoms with Gasteiger partial charge in [-0.25, -0.2) is 4.39 Å². The van der Waals surface area contributed by atoms with Gasteiger partial charge in [-0.1, -0.05) is 45.0 Å². The van der Waals surface area contributed by atoms with Crippen molar-refractivity contribution in [2.75, 3.05) is 5.32 Å². The Morgan fingerprint density at radius 3 is 2.23 bits per heavy atom. The number of benzene rings is 2. The summed E-state index contributed by atoms with van der Waals surface area (Å²) in [7, 11) is 0. The van der Waals surface area contributed by atoms with E-state index >= 15 is 0 Å². The standard InChI is InChI=1S/C22H21FN2O/c1-22(2,3)16-9-11-17(12-10-16)25-21(26)15-8-13-20(24-14-15)18-6-4-5-7-19(18)23/h4-14H,1-3H3,(H,25,26). The van der Waals surface area contributed by atoms with Crippen molar-refractivity contribution in [2.24, 2.45) is 0 Å². The number of pyridine rings is 1. The number of halogens is 1. The van der Waals surface area contributed by atoms with Crippen LogP contribution in [0.2, 0.25) is 0 Å². The lowest BCUT2D eigenvalue weighted by molar-refractivity contribution is 0.102. The third-order valence-corrected chi connectivity index (χ3v) is 4.18. The summed E-state index contributed by atoms with van der Waals surface area (Å²) in [4.78, 5) is 16.6. The fourth-order valence-corrected chi connectivity index (χ4v) is 2.61. The van der Waals surface area contributed by atoms with Gasteiger partial charge in [-0.3, -0.25) is 9.78 Å². The van der Waals surface area contributed by atoms with Crippen LogP contribution in [0.4, 0.5) is 10.1 Å². The summed E-state index contributed by atoms with van der Waals surface area (Å²) in [5, 5.41) is 2.85.